The van der Waals surface area contributed by atoms with Crippen LogP contribution in [0.4, 0.5) is 0 Å². The molecule has 0 amide bonds. The van der Waals surface area contributed by atoms with Gasteiger partial charge in [0, 0.05) is 17.8 Å². The van der Waals surface area contributed by atoms with Crippen LogP contribution < -0.4 is 5.32 Å². The zero-order chi connectivity index (χ0) is 15.5. The summed E-state index contributed by atoms with van der Waals surface area (Å²) in [5.41, 5.74) is 4.16. The van der Waals surface area contributed by atoms with Gasteiger partial charge in [0.05, 0.1) is 10.7 Å². The number of thiazole rings is 1. The molecule has 1 atom stereocenters. The Bertz CT molecular complexity index is 581. The summed E-state index contributed by atoms with van der Waals surface area (Å²) in [7, 11) is 0. The lowest BCUT2D eigenvalue weighted by molar-refractivity contribution is 0.514. The Morgan fingerprint density at radius 1 is 1.24 bits per heavy atom. The minimum Gasteiger partial charge on any atom is -0.310 e. The molecule has 0 saturated carbocycles. The Labute approximate surface area is 132 Å². The maximum atomic E-state index is 4.63. The number of hydrogen-bond acceptors (Lipinski definition) is 3. The number of nitrogens with zero attached hydrogens (tertiary/aromatic N) is 1. The van der Waals surface area contributed by atoms with Crippen LogP contribution in [-0.4, -0.2) is 11.5 Å². The van der Waals surface area contributed by atoms with E-state index in [4.69, 9.17) is 0 Å². The van der Waals surface area contributed by atoms with Crippen LogP contribution in [0.25, 0.3) is 0 Å². The standard InChI is InChI=1S/C18H26N2S/c1-6-19-17(11-14-12-21-13(2)20-14)15-9-7-8-10-16(15)18(3,4)5/h7-10,12,17,19H,6,11H2,1-5H3. The topological polar surface area (TPSA) is 24.9 Å². The molecule has 1 heterocycles. The van der Waals surface area contributed by atoms with Crippen LogP contribution in [0.5, 0.6) is 0 Å². The van der Waals surface area contributed by atoms with E-state index in [0.717, 1.165) is 18.0 Å². The second-order valence-corrected chi connectivity index (χ2v) is 7.57. The van der Waals surface area contributed by atoms with Gasteiger partial charge in [-0.1, -0.05) is 52.0 Å². The van der Waals surface area contributed by atoms with Crippen molar-refractivity contribution < 1.29 is 0 Å². The van der Waals surface area contributed by atoms with E-state index >= 15 is 0 Å². The molecule has 1 aromatic heterocycles. The Morgan fingerprint density at radius 3 is 2.52 bits per heavy atom. The quantitative estimate of drug-likeness (QED) is 0.870. The fourth-order valence-corrected chi connectivity index (χ4v) is 3.36. The first-order valence-corrected chi connectivity index (χ1v) is 8.53. The van der Waals surface area contributed by atoms with Crippen molar-refractivity contribution in [2.45, 2.75) is 52.5 Å². The molecule has 0 aliphatic carbocycles. The molecule has 0 saturated heterocycles. The van der Waals surface area contributed by atoms with E-state index in [0.29, 0.717) is 6.04 Å². The van der Waals surface area contributed by atoms with Gasteiger partial charge in [0.15, 0.2) is 0 Å². The fourth-order valence-electron chi connectivity index (χ4n) is 2.73. The predicted molar refractivity (Wildman–Crippen MR) is 92.1 cm³/mol. The Morgan fingerprint density at radius 2 is 1.95 bits per heavy atom. The fraction of sp³-hybridized carbons (Fsp3) is 0.500. The molecule has 2 aromatic rings. The van der Waals surface area contributed by atoms with Gasteiger partial charge in [-0.05, 0) is 30.0 Å². The molecular formula is C18H26N2S. The average Bonchev–Trinajstić information content (AvgIpc) is 2.83. The number of aromatic nitrogens is 1. The first-order valence-electron chi connectivity index (χ1n) is 7.65. The Hall–Kier alpha value is -1.19. The maximum Gasteiger partial charge on any atom is 0.0897 e. The minimum atomic E-state index is 0.155. The van der Waals surface area contributed by atoms with E-state index in [9.17, 15) is 0 Å². The van der Waals surface area contributed by atoms with Gasteiger partial charge < -0.3 is 5.32 Å². The molecule has 0 fully saturated rings. The van der Waals surface area contributed by atoms with Crippen molar-refractivity contribution >= 4 is 11.3 Å². The summed E-state index contributed by atoms with van der Waals surface area (Å²) in [6.45, 7) is 12.0. The van der Waals surface area contributed by atoms with Crippen molar-refractivity contribution in [1.29, 1.82) is 0 Å². The van der Waals surface area contributed by atoms with E-state index in [2.05, 4.69) is 74.6 Å². The van der Waals surface area contributed by atoms with E-state index < -0.39 is 0 Å². The molecule has 3 heteroatoms. The smallest absolute Gasteiger partial charge is 0.0897 e. The second kappa shape index (κ2) is 6.71. The highest BCUT2D eigenvalue weighted by Crippen LogP contribution is 2.31. The third-order valence-electron chi connectivity index (χ3n) is 3.67. The summed E-state index contributed by atoms with van der Waals surface area (Å²) in [5.74, 6) is 0. The summed E-state index contributed by atoms with van der Waals surface area (Å²) >= 11 is 1.73. The molecule has 1 aromatic carbocycles. The number of likely N-dealkylation sites (N-methyl/N-ethyl adjacent to an activating group) is 1. The van der Waals surface area contributed by atoms with Gasteiger partial charge in [-0.2, -0.15) is 0 Å². The minimum absolute atomic E-state index is 0.155. The molecule has 2 nitrogen and oxygen atoms in total. The normalized spacial score (nSPS) is 13.4. The molecule has 21 heavy (non-hydrogen) atoms. The second-order valence-electron chi connectivity index (χ2n) is 6.51. The van der Waals surface area contributed by atoms with Crippen LogP contribution in [0.1, 0.15) is 55.6 Å². The first-order chi connectivity index (χ1) is 9.91. The zero-order valence-corrected chi connectivity index (χ0v) is 14.6. The molecule has 0 bridgehead atoms. The molecule has 114 valence electrons. The largest absolute Gasteiger partial charge is 0.310 e. The molecule has 0 aliphatic rings. The summed E-state index contributed by atoms with van der Waals surface area (Å²) in [5, 5.41) is 6.96. The molecule has 1 unspecified atom stereocenters. The van der Waals surface area contributed by atoms with Gasteiger partial charge >= 0.3 is 0 Å². The zero-order valence-electron chi connectivity index (χ0n) is 13.7. The van der Waals surface area contributed by atoms with Gasteiger partial charge in [-0.15, -0.1) is 11.3 Å². The van der Waals surface area contributed by atoms with Crippen molar-refractivity contribution in [3.63, 3.8) is 0 Å². The van der Waals surface area contributed by atoms with Crippen molar-refractivity contribution in [1.82, 2.24) is 10.3 Å². The number of hydrogen-bond donors (Lipinski definition) is 1. The number of benzene rings is 1. The summed E-state index contributed by atoms with van der Waals surface area (Å²) < 4.78 is 0. The summed E-state index contributed by atoms with van der Waals surface area (Å²) in [6, 6.07) is 9.12. The number of aryl methyl sites for hydroxylation is 1. The van der Waals surface area contributed by atoms with Gasteiger partial charge in [-0.25, -0.2) is 4.98 Å². The molecule has 0 aliphatic heterocycles. The van der Waals surface area contributed by atoms with Crippen molar-refractivity contribution in [2.75, 3.05) is 6.54 Å². The van der Waals surface area contributed by atoms with Gasteiger partial charge in [0.25, 0.3) is 0 Å². The summed E-state index contributed by atoms with van der Waals surface area (Å²) in [6.07, 6.45) is 0.950. The molecule has 1 N–H and O–H groups in total. The molecule has 0 radical (unpaired) electrons. The monoisotopic (exact) mass is 302 g/mol. The highest BCUT2D eigenvalue weighted by Gasteiger charge is 2.22. The van der Waals surface area contributed by atoms with E-state index in [1.807, 2.05) is 0 Å². The first kappa shape index (κ1) is 16.2. The lowest BCUT2D eigenvalue weighted by atomic mass is 9.81. The van der Waals surface area contributed by atoms with E-state index in [-0.39, 0.29) is 5.41 Å². The lowest BCUT2D eigenvalue weighted by Crippen LogP contribution is -2.26. The van der Waals surface area contributed by atoms with Crippen LogP contribution in [-0.2, 0) is 11.8 Å². The van der Waals surface area contributed by atoms with E-state index in [1.165, 1.54) is 16.8 Å². The summed E-state index contributed by atoms with van der Waals surface area (Å²) in [4.78, 5) is 4.63. The van der Waals surface area contributed by atoms with Crippen LogP contribution >= 0.6 is 11.3 Å². The number of rotatable bonds is 5. The van der Waals surface area contributed by atoms with Crippen LogP contribution in [0.2, 0.25) is 0 Å². The SMILES string of the molecule is CCNC(Cc1csc(C)n1)c1ccccc1C(C)(C)C. The van der Waals surface area contributed by atoms with Gasteiger partial charge in [0.1, 0.15) is 0 Å². The Kier molecular flexibility index (Phi) is 5.17. The van der Waals surface area contributed by atoms with Gasteiger partial charge in [-0.3, -0.25) is 0 Å². The average molecular weight is 302 g/mol. The molecule has 0 spiro atoms. The highest BCUT2D eigenvalue weighted by atomic mass is 32.1. The van der Waals surface area contributed by atoms with Crippen LogP contribution in [0.3, 0.4) is 0 Å². The highest BCUT2D eigenvalue weighted by molar-refractivity contribution is 7.09. The van der Waals surface area contributed by atoms with Gasteiger partial charge in [0.2, 0.25) is 0 Å². The van der Waals surface area contributed by atoms with E-state index in [1.54, 1.807) is 11.3 Å². The third kappa shape index (κ3) is 4.14. The number of nitrogens with one attached hydrogen (secondary N) is 1. The van der Waals surface area contributed by atoms with Crippen molar-refractivity contribution in [2.24, 2.45) is 0 Å². The van der Waals surface area contributed by atoms with Crippen LogP contribution in [0, 0.1) is 6.92 Å². The van der Waals surface area contributed by atoms with Crippen molar-refractivity contribution in [3.8, 4) is 0 Å². The predicted octanol–water partition coefficient (Wildman–Crippen LogP) is 4.64. The Balaban J connectivity index is 2.34. The molecule has 2 rings (SSSR count). The lowest BCUT2D eigenvalue weighted by Gasteiger charge is -2.27. The van der Waals surface area contributed by atoms with Crippen molar-refractivity contribution in [3.05, 3.63) is 51.5 Å². The maximum absolute atomic E-state index is 4.63. The van der Waals surface area contributed by atoms with Crippen LogP contribution in [0.15, 0.2) is 29.6 Å². The molecular weight excluding hydrogens is 276 g/mol. The third-order valence-corrected chi connectivity index (χ3v) is 4.50.